The number of hydrogen-bond donors (Lipinski definition) is 1. The zero-order valence-electron chi connectivity index (χ0n) is 23.3. The second-order valence-electron chi connectivity index (χ2n) is 11.7. The van der Waals surface area contributed by atoms with Crippen LogP contribution in [0.15, 0.2) is 48.5 Å². The van der Waals surface area contributed by atoms with E-state index in [0.29, 0.717) is 69.8 Å². The molecule has 1 N–H and O–H groups in total. The van der Waals surface area contributed by atoms with Crippen molar-refractivity contribution in [2.75, 3.05) is 46.2 Å². The largest absolute Gasteiger partial charge is 0.489 e. The molecular formula is C33H44O6. The molecule has 0 saturated heterocycles. The number of Topliss-reactive ketones (excluding diaryl/α,β-unsaturated/α-hetero) is 1. The summed E-state index contributed by atoms with van der Waals surface area (Å²) in [5.74, 6) is 3.15. The Morgan fingerprint density at radius 2 is 1.67 bits per heavy atom. The number of carbonyl (C=O) groups excluding carboxylic acids is 1. The summed E-state index contributed by atoms with van der Waals surface area (Å²) in [5.41, 5.74) is 3.92. The molecule has 6 heteroatoms. The Balaban J connectivity index is 1.11. The summed E-state index contributed by atoms with van der Waals surface area (Å²) in [4.78, 5) is 13.6. The Bertz CT molecular complexity index is 1070. The molecule has 0 amide bonds. The van der Waals surface area contributed by atoms with E-state index in [9.17, 15) is 4.79 Å². The third kappa shape index (κ3) is 6.57. The predicted octanol–water partition coefficient (Wildman–Crippen LogP) is 5.35. The first-order valence-corrected chi connectivity index (χ1v) is 14.8. The van der Waals surface area contributed by atoms with Crippen molar-refractivity contribution in [2.24, 2.45) is 23.2 Å². The van der Waals surface area contributed by atoms with Crippen molar-refractivity contribution in [3.8, 4) is 5.75 Å². The van der Waals surface area contributed by atoms with Crippen LogP contribution in [0.1, 0.15) is 61.6 Å². The highest BCUT2D eigenvalue weighted by Crippen LogP contribution is 2.61. The summed E-state index contributed by atoms with van der Waals surface area (Å²) in [5, 5.41) is 8.70. The number of rotatable bonds is 14. The second kappa shape index (κ2) is 13.4. The van der Waals surface area contributed by atoms with E-state index < -0.39 is 0 Å². The van der Waals surface area contributed by atoms with Gasteiger partial charge in [-0.15, -0.1) is 0 Å². The summed E-state index contributed by atoms with van der Waals surface area (Å²) in [7, 11) is 0. The molecule has 2 aromatic carbocycles. The third-order valence-electron chi connectivity index (χ3n) is 9.40. The van der Waals surface area contributed by atoms with E-state index in [1.54, 1.807) is 0 Å². The molecule has 0 heterocycles. The summed E-state index contributed by atoms with van der Waals surface area (Å²) in [6.45, 7) is 5.84. The first-order valence-electron chi connectivity index (χ1n) is 14.8. The number of aliphatic hydroxyl groups excluding tert-OH is 1. The molecule has 2 fully saturated rings. The number of aliphatic hydroxyl groups is 1. The fraction of sp³-hybridized carbons (Fsp3) is 0.606. The molecule has 0 aromatic heterocycles. The van der Waals surface area contributed by atoms with Crippen molar-refractivity contribution in [1.82, 2.24) is 0 Å². The average Bonchev–Trinajstić information content (AvgIpc) is 3.23. The van der Waals surface area contributed by atoms with Crippen LogP contribution < -0.4 is 4.74 Å². The van der Waals surface area contributed by atoms with Crippen LogP contribution in [0.5, 0.6) is 5.75 Å². The first kappa shape index (κ1) is 28.3. The van der Waals surface area contributed by atoms with Crippen molar-refractivity contribution in [3.63, 3.8) is 0 Å². The first-order chi connectivity index (χ1) is 19.1. The SMILES string of the molecule is C[C@]12CC[C@@H]3c4ccc(OCc5ccccc5)cc4CC[C@H]3[C@@H]1CC(CCOCCOCCOCCO)C2=O. The van der Waals surface area contributed by atoms with Crippen molar-refractivity contribution in [1.29, 1.82) is 0 Å². The van der Waals surface area contributed by atoms with E-state index in [2.05, 4.69) is 37.3 Å². The number of benzene rings is 2. The molecule has 5 atom stereocenters. The zero-order chi connectivity index (χ0) is 27.1. The average molecular weight is 537 g/mol. The number of carbonyl (C=O) groups is 1. The normalized spacial score (nSPS) is 27.6. The van der Waals surface area contributed by atoms with Crippen LogP contribution in [0.2, 0.25) is 0 Å². The van der Waals surface area contributed by atoms with Gasteiger partial charge in [0.15, 0.2) is 0 Å². The van der Waals surface area contributed by atoms with Crippen molar-refractivity contribution < 1.29 is 28.8 Å². The molecule has 2 aromatic rings. The van der Waals surface area contributed by atoms with E-state index in [0.717, 1.165) is 44.3 Å². The van der Waals surface area contributed by atoms with Crippen molar-refractivity contribution in [3.05, 3.63) is 65.2 Å². The minimum Gasteiger partial charge on any atom is -0.489 e. The number of ether oxygens (including phenoxy) is 4. The van der Waals surface area contributed by atoms with Gasteiger partial charge in [0.1, 0.15) is 18.1 Å². The third-order valence-corrected chi connectivity index (χ3v) is 9.40. The lowest BCUT2D eigenvalue weighted by molar-refractivity contribution is -0.132. The highest BCUT2D eigenvalue weighted by atomic mass is 16.5. The lowest BCUT2D eigenvalue weighted by Gasteiger charge is -2.48. The lowest BCUT2D eigenvalue weighted by Crippen LogP contribution is -2.42. The summed E-state index contributed by atoms with van der Waals surface area (Å²) in [6, 6.07) is 17.0. The Labute approximate surface area is 233 Å². The Kier molecular flexibility index (Phi) is 9.72. The molecule has 5 rings (SSSR count). The fourth-order valence-electron chi connectivity index (χ4n) is 7.41. The predicted molar refractivity (Wildman–Crippen MR) is 150 cm³/mol. The number of aryl methyl sites for hydroxylation is 1. The van der Waals surface area contributed by atoms with Crippen LogP contribution in [-0.4, -0.2) is 57.1 Å². The molecule has 39 heavy (non-hydrogen) atoms. The van der Waals surface area contributed by atoms with E-state index >= 15 is 0 Å². The molecular weight excluding hydrogens is 492 g/mol. The van der Waals surface area contributed by atoms with Gasteiger partial charge >= 0.3 is 0 Å². The van der Waals surface area contributed by atoms with E-state index in [1.165, 1.54) is 16.7 Å². The van der Waals surface area contributed by atoms with Crippen LogP contribution in [0.25, 0.3) is 0 Å². The van der Waals surface area contributed by atoms with Crippen LogP contribution in [0.4, 0.5) is 0 Å². The van der Waals surface area contributed by atoms with Gasteiger partial charge in [0, 0.05) is 17.9 Å². The van der Waals surface area contributed by atoms with E-state index in [4.69, 9.17) is 24.1 Å². The van der Waals surface area contributed by atoms with Crippen LogP contribution in [0, 0.1) is 23.2 Å². The maximum absolute atomic E-state index is 13.6. The number of ketones is 1. The molecule has 0 radical (unpaired) electrons. The monoisotopic (exact) mass is 536 g/mol. The maximum Gasteiger partial charge on any atom is 0.142 e. The van der Waals surface area contributed by atoms with Gasteiger partial charge in [0.2, 0.25) is 0 Å². The van der Waals surface area contributed by atoms with Gasteiger partial charge in [-0.1, -0.05) is 43.3 Å². The smallest absolute Gasteiger partial charge is 0.142 e. The minimum atomic E-state index is -0.181. The van der Waals surface area contributed by atoms with Crippen LogP contribution in [0.3, 0.4) is 0 Å². The molecule has 2 saturated carbocycles. The molecule has 0 spiro atoms. The molecule has 1 unspecified atom stereocenters. The van der Waals surface area contributed by atoms with Gasteiger partial charge in [0.05, 0.1) is 39.6 Å². The highest BCUT2D eigenvalue weighted by molar-refractivity contribution is 5.89. The van der Waals surface area contributed by atoms with Gasteiger partial charge in [0.25, 0.3) is 0 Å². The fourth-order valence-corrected chi connectivity index (χ4v) is 7.41. The molecule has 3 aliphatic rings. The maximum atomic E-state index is 13.6. The second-order valence-corrected chi connectivity index (χ2v) is 11.7. The molecule has 212 valence electrons. The Hall–Kier alpha value is -2.25. The summed E-state index contributed by atoms with van der Waals surface area (Å²) >= 11 is 0. The Morgan fingerprint density at radius 3 is 2.44 bits per heavy atom. The number of fused-ring (bicyclic) bond motifs is 5. The zero-order valence-corrected chi connectivity index (χ0v) is 23.3. The van der Waals surface area contributed by atoms with Gasteiger partial charge in [-0.25, -0.2) is 0 Å². The number of hydrogen-bond acceptors (Lipinski definition) is 6. The highest BCUT2D eigenvalue weighted by Gasteiger charge is 2.57. The van der Waals surface area contributed by atoms with Crippen LogP contribution in [-0.2, 0) is 32.0 Å². The van der Waals surface area contributed by atoms with Gasteiger partial charge < -0.3 is 24.1 Å². The quantitative estimate of drug-likeness (QED) is 0.328. The topological polar surface area (TPSA) is 74.2 Å². The van der Waals surface area contributed by atoms with E-state index in [-0.39, 0.29) is 17.9 Å². The van der Waals surface area contributed by atoms with Crippen molar-refractivity contribution >= 4 is 5.78 Å². The van der Waals surface area contributed by atoms with Crippen molar-refractivity contribution in [2.45, 2.75) is 58.0 Å². The van der Waals surface area contributed by atoms with Crippen LogP contribution >= 0.6 is 0 Å². The summed E-state index contributed by atoms with van der Waals surface area (Å²) in [6.07, 6.45) is 6.14. The Morgan fingerprint density at radius 1 is 0.923 bits per heavy atom. The minimum absolute atomic E-state index is 0.0312. The lowest BCUT2D eigenvalue weighted by atomic mass is 9.55. The summed E-state index contributed by atoms with van der Waals surface area (Å²) < 4.78 is 22.6. The van der Waals surface area contributed by atoms with Gasteiger partial charge in [-0.2, -0.15) is 0 Å². The molecule has 0 bridgehead atoms. The van der Waals surface area contributed by atoms with Gasteiger partial charge in [-0.3, -0.25) is 4.79 Å². The van der Waals surface area contributed by atoms with Gasteiger partial charge in [-0.05, 0) is 85.1 Å². The molecule has 6 nitrogen and oxygen atoms in total. The van der Waals surface area contributed by atoms with E-state index in [1.807, 2.05) is 18.2 Å². The molecule has 0 aliphatic heterocycles. The molecule has 3 aliphatic carbocycles. The standard InChI is InChI=1S/C33H44O6/c1-33-13-11-29-28-10-8-27(39-23-24-5-3-2-4-6-24)21-25(28)7-9-30(29)31(33)22-26(32(33)35)12-15-36-17-19-38-20-18-37-16-14-34/h2-6,8,10,21,26,29-31,34H,7,9,11-20,22-23H2,1H3/t26?,29-,30-,31+,33+/m1/s1.